The van der Waals surface area contributed by atoms with Crippen molar-refractivity contribution in [1.82, 2.24) is 4.98 Å². The Kier molecular flexibility index (Phi) is 7.51. The number of ether oxygens (including phenoxy) is 1. The van der Waals surface area contributed by atoms with Gasteiger partial charge in [-0.05, 0) is 31.0 Å². The van der Waals surface area contributed by atoms with Crippen molar-refractivity contribution in [2.45, 2.75) is 26.2 Å². The summed E-state index contributed by atoms with van der Waals surface area (Å²) < 4.78 is 28.5. The van der Waals surface area contributed by atoms with E-state index in [0.717, 1.165) is 11.8 Å². The quantitative estimate of drug-likeness (QED) is 0.321. The second-order valence-electron chi connectivity index (χ2n) is 7.31. The second-order valence-corrected chi connectivity index (χ2v) is 9.98. The van der Waals surface area contributed by atoms with E-state index in [0.29, 0.717) is 46.1 Å². The van der Waals surface area contributed by atoms with Gasteiger partial charge in [-0.1, -0.05) is 42.8 Å². The zero-order valence-corrected chi connectivity index (χ0v) is 19.1. The SMILES string of the molecule is CCCC(=O)c1cnc2c(OCCCS(C)(=O)=O)cccc2c1Nc1ccccc1Cl. The molecule has 0 bridgehead atoms. The van der Waals surface area contributed by atoms with Gasteiger partial charge in [0.15, 0.2) is 5.78 Å². The number of nitrogens with zero attached hydrogens (tertiary/aromatic N) is 1. The first-order chi connectivity index (χ1) is 14.8. The number of hydrogen-bond acceptors (Lipinski definition) is 6. The molecule has 6 nitrogen and oxygen atoms in total. The summed E-state index contributed by atoms with van der Waals surface area (Å²) in [6.45, 7) is 2.20. The van der Waals surface area contributed by atoms with E-state index in [9.17, 15) is 13.2 Å². The van der Waals surface area contributed by atoms with Gasteiger partial charge in [0.1, 0.15) is 21.1 Å². The number of aromatic nitrogens is 1. The summed E-state index contributed by atoms with van der Waals surface area (Å²) in [5.41, 5.74) is 2.38. The van der Waals surface area contributed by atoms with Crippen molar-refractivity contribution in [2.24, 2.45) is 0 Å². The molecule has 0 unspecified atom stereocenters. The van der Waals surface area contributed by atoms with E-state index in [1.807, 2.05) is 37.3 Å². The Balaban J connectivity index is 2.01. The predicted molar refractivity (Wildman–Crippen MR) is 126 cm³/mol. The van der Waals surface area contributed by atoms with Crippen molar-refractivity contribution < 1.29 is 17.9 Å². The summed E-state index contributed by atoms with van der Waals surface area (Å²) in [6, 6.07) is 12.8. The van der Waals surface area contributed by atoms with Crippen LogP contribution in [0.2, 0.25) is 5.02 Å². The first-order valence-corrected chi connectivity index (χ1v) is 12.5. The van der Waals surface area contributed by atoms with Gasteiger partial charge in [0.05, 0.1) is 34.3 Å². The molecule has 1 N–H and O–H groups in total. The molecule has 0 saturated heterocycles. The zero-order valence-electron chi connectivity index (χ0n) is 17.5. The number of ketones is 1. The van der Waals surface area contributed by atoms with Crippen molar-refractivity contribution in [3.8, 4) is 5.75 Å². The molecule has 3 rings (SSSR count). The van der Waals surface area contributed by atoms with Gasteiger partial charge in [-0.3, -0.25) is 9.78 Å². The molecule has 3 aromatic rings. The third kappa shape index (κ3) is 5.95. The Morgan fingerprint density at radius 3 is 2.65 bits per heavy atom. The van der Waals surface area contributed by atoms with Crippen LogP contribution in [0.5, 0.6) is 5.75 Å². The number of benzene rings is 2. The van der Waals surface area contributed by atoms with Gasteiger partial charge < -0.3 is 10.1 Å². The zero-order chi connectivity index (χ0) is 22.4. The average Bonchev–Trinajstić information content (AvgIpc) is 2.72. The number of pyridine rings is 1. The molecule has 0 aliphatic rings. The lowest BCUT2D eigenvalue weighted by molar-refractivity contribution is 0.0982. The normalized spacial score (nSPS) is 11.5. The monoisotopic (exact) mass is 460 g/mol. The minimum absolute atomic E-state index is 0.00840. The van der Waals surface area contributed by atoms with Crippen molar-refractivity contribution in [3.05, 3.63) is 59.2 Å². The number of rotatable bonds is 10. The van der Waals surface area contributed by atoms with Gasteiger partial charge in [0, 0.05) is 24.3 Å². The molecule has 0 amide bonds. The minimum Gasteiger partial charge on any atom is -0.491 e. The van der Waals surface area contributed by atoms with Crippen molar-refractivity contribution in [2.75, 3.05) is 23.9 Å². The highest BCUT2D eigenvalue weighted by molar-refractivity contribution is 7.90. The van der Waals surface area contributed by atoms with Crippen LogP contribution < -0.4 is 10.1 Å². The number of para-hydroxylation sites is 2. The number of fused-ring (bicyclic) bond motifs is 1. The summed E-state index contributed by atoms with van der Waals surface area (Å²) >= 11 is 6.33. The third-order valence-electron chi connectivity index (χ3n) is 4.69. The molecule has 1 heterocycles. The van der Waals surface area contributed by atoms with Crippen molar-refractivity contribution >= 4 is 49.5 Å². The van der Waals surface area contributed by atoms with Crippen LogP contribution in [0.15, 0.2) is 48.7 Å². The lowest BCUT2D eigenvalue weighted by atomic mass is 10.0. The molecule has 1 aromatic heterocycles. The fraction of sp³-hybridized carbons (Fsp3) is 0.304. The molecule has 0 saturated carbocycles. The number of halogens is 1. The molecule has 0 atom stereocenters. The first-order valence-electron chi connectivity index (χ1n) is 10.1. The van der Waals surface area contributed by atoms with Gasteiger partial charge in [0.2, 0.25) is 0 Å². The summed E-state index contributed by atoms with van der Waals surface area (Å²) in [6.07, 6.45) is 4.28. The largest absolute Gasteiger partial charge is 0.491 e. The predicted octanol–water partition coefficient (Wildman–Crippen LogP) is 5.43. The van der Waals surface area contributed by atoms with Gasteiger partial charge in [-0.2, -0.15) is 0 Å². The second kappa shape index (κ2) is 10.1. The van der Waals surface area contributed by atoms with Crippen LogP contribution in [-0.4, -0.2) is 37.8 Å². The summed E-state index contributed by atoms with van der Waals surface area (Å²) in [5, 5.41) is 4.57. The topological polar surface area (TPSA) is 85.4 Å². The molecule has 0 fully saturated rings. The summed E-state index contributed by atoms with van der Waals surface area (Å²) in [5.74, 6) is 0.578. The van der Waals surface area contributed by atoms with E-state index >= 15 is 0 Å². The molecule has 2 aromatic carbocycles. The van der Waals surface area contributed by atoms with Gasteiger partial charge in [0.25, 0.3) is 0 Å². The van der Waals surface area contributed by atoms with Crippen molar-refractivity contribution in [3.63, 3.8) is 0 Å². The molecule has 0 spiro atoms. The standard InChI is InChI=1S/C23H25ClN2O4S/c1-3-8-20(27)17-15-25-23-16(22(17)26-19-11-5-4-10-18(19)24)9-6-12-21(23)30-13-7-14-31(2,28)29/h4-6,9-12,15H,3,7-8,13-14H2,1-2H3,(H,25,26). The fourth-order valence-electron chi connectivity index (χ4n) is 3.22. The Hall–Kier alpha value is -2.64. The Bertz CT molecular complexity index is 1200. The van der Waals surface area contributed by atoms with E-state index in [1.54, 1.807) is 18.3 Å². The van der Waals surface area contributed by atoms with Crippen LogP contribution >= 0.6 is 11.6 Å². The lowest BCUT2D eigenvalue weighted by Gasteiger charge is -2.16. The number of anilines is 2. The van der Waals surface area contributed by atoms with Crippen LogP contribution in [0.1, 0.15) is 36.5 Å². The van der Waals surface area contributed by atoms with E-state index < -0.39 is 9.84 Å². The average molecular weight is 461 g/mol. The number of carbonyl (C=O) groups excluding carboxylic acids is 1. The number of nitrogens with one attached hydrogen (secondary N) is 1. The van der Waals surface area contributed by atoms with Gasteiger partial charge in [-0.15, -0.1) is 0 Å². The molecule has 164 valence electrons. The van der Waals surface area contributed by atoms with E-state index in [-0.39, 0.29) is 18.1 Å². The Morgan fingerprint density at radius 1 is 1.16 bits per heavy atom. The van der Waals surface area contributed by atoms with E-state index in [2.05, 4.69) is 10.3 Å². The minimum atomic E-state index is -3.04. The number of Topliss-reactive ketones (excluding diaryl/α,β-unsaturated/α-hetero) is 1. The van der Waals surface area contributed by atoms with Crippen LogP contribution in [0.25, 0.3) is 10.9 Å². The summed E-state index contributed by atoms with van der Waals surface area (Å²) in [7, 11) is -3.04. The molecular formula is C23H25ClN2O4S. The van der Waals surface area contributed by atoms with E-state index in [1.165, 1.54) is 6.26 Å². The van der Waals surface area contributed by atoms with Crippen LogP contribution in [-0.2, 0) is 9.84 Å². The fourth-order valence-corrected chi connectivity index (χ4v) is 4.05. The van der Waals surface area contributed by atoms with Gasteiger partial charge in [-0.25, -0.2) is 8.42 Å². The van der Waals surface area contributed by atoms with Gasteiger partial charge >= 0.3 is 0 Å². The highest BCUT2D eigenvalue weighted by atomic mass is 35.5. The lowest BCUT2D eigenvalue weighted by Crippen LogP contribution is -2.09. The van der Waals surface area contributed by atoms with Crippen LogP contribution in [0, 0.1) is 0 Å². The molecule has 0 aliphatic carbocycles. The highest BCUT2D eigenvalue weighted by Gasteiger charge is 2.18. The number of hydrogen-bond donors (Lipinski definition) is 1. The van der Waals surface area contributed by atoms with E-state index in [4.69, 9.17) is 16.3 Å². The third-order valence-corrected chi connectivity index (χ3v) is 6.05. The maximum Gasteiger partial charge on any atom is 0.166 e. The van der Waals surface area contributed by atoms with Crippen molar-refractivity contribution in [1.29, 1.82) is 0 Å². The Labute approximate surface area is 187 Å². The van der Waals surface area contributed by atoms with Crippen LogP contribution in [0.4, 0.5) is 11.4 Å². The molecular weight excluding hydrogens is 436 g/mol. The smallest absolute Gasteiger partial charge is 0.166 e. The highest BCUT2D eigenvalue weighted by Crippen LogP contribution is 2.36. The molecule has 8 heteroatoms. The first kappa shape index (κ1) is 23.0. The number of sulfone groups is 1. The number of carbonyl (C=O) groups is 1. The molecule has 0 aliphatic heterocycles. The maximum atomic E-state index is 12.8. The van der Waals surface area contributed by atoms with Crippen LogP contribution in [0.3, 0.4) is 0 Å². The molecule has 0 radical (unpaired) electrons. The Morgan fingerprint density at radius 2 is 1.94 bits per heavy atom. The maximum absolute atomic E-state index is 12.8. The summed E-state index contributed by atoms with van der Waals surface area (Å²) in [4.78, 5) is 17.3. The molecule has 31 heavy (non-hydrogen) atoms.